The maximum Gasteiger partial charge on any atom is 0.231 e. The fraction of sp³-hybridized carbons (Fsp3) is 0.278. The van der Waals surface area contributed by atoms with E-state index >= 15 is 0 Å². The van der Waals surface area contributed by atoms with E-state index in [-0.39, 0.29) is 5.91 Å². The van der Waals surface area contributed by atoms with Crippen LogP contribution >= 0.6 is 0 Å². The van der Waals surface area contributed by atoms with E-state index in [2.05, 4.69) is 39.7 Å². The van der Waals surface area contributed by atoms with E-state index in [9.17, 15) is 4.79 Å². The molecule has 0 fully saturated rings. The molecular weight excluding hydrogens is 290 g/mol. The van der Waals surface area contributed by atoms with Crippen LogP contribution in [0.4, 0.5) is 0 Å². The molecule has 3 rings (SSSR count). The number of carbonyl (C=O) groups is 1. The normalized spacial score (nSPS) is 11.6. The van der Waals surface area contributed by atoms with E-state index < -0.39 is 5.54 Å². The minimum atomic E-state index is -0.660. The van der Waals surface area contributed by atoms with Crippen molar-refractivity contribution < 1.29 is 9.32 Å². The predicted molar refractivity (Wildman–Crippen MR) is 87.9 cm³/mol. The summed E-state index contributed by atoms with van der Waals surface area (Å²) in [7, 11) is 0. The summed E-state index contributed by atoms with van der Waals surface area (Å²) in [5.74, 6) is 0.883. The first kappa shape index (κ1) is 15.2. The number of hydrogen-bond donors (Lipinski definition) is 1. The maximum absolute atomic E-state index is 11.3. The van der Waals surface area contributed by atoms with Crippen molar-refractivity contribution in [2.24, 2.45) is 0 Å². The molecule has 0 saturated heterocycles. The van der Waals surface area contributed by atoms with E-state index in [0.717, 1.165) is 5.56 Å². The Morgan fingerprint density at radius 2 is 1.91 bits per heavy atom. The number of aromatic nitrogens is 2. The molecule has 23 heavy (non-hydrogen) atoms. The Morgan fingerprint density at radius 1 is 1.17 bits per heavy atom. The first-order chi connectivity index (χ1) is 11.0. The first-order valence-corrected chi connectivity index (χ1v) is 7.54. The Kier molecular flexibility index (Phi) is 3.86. The van der Waals surface area contributed by atoms with Gasteiger partial charge in [0.2, 0.25) is 11.8 Å². The van der Waals surface area contributed by atoms with E-state index in [1.165, 1.54) is 17.7 Å². The lowest BCUT2D eigenvalue weighted by atomic mass is 10.0. The van der Waals surface area contributed by atoms with Crippen molar-refractivity contribution in [2.75, 3.05) is 0 Å². The van der Waals surface area contributed by atoms with Gasteiger partial charge in [0.05, 0.1) is 12.0 Å². The highest BCUT2D eigenvalue weighted by molar-refractivity contribution is 5.85. The second-order valence-electron chi connectivity index (χ2n) is 6.13. The number of amides is 1. The number of carbonyl (C=O) groups excluding carboxylic acids is 1. The molecule has 1 heterocycles. The summed E-state index contributed by atoms with van der Waals surface area (Å²) in [6.07, 6.45) is 0.560. The molecule has 0 radical (unpaired) electrons. The highest BCUT2D eigenvalue weighted by Crippen LogP contribution is 2.22. The number of hydrogen-bond acceptors (Lipinski definition) is 4. The summed E-state index contributed by atoms with van der Waals surface area (Å²) in [6.45, 7) is 5.17. The minimum absolute atomic E-state index is 0.129. The van der Waals surface area contributed by atoms with Crippen molar-refractivity contribution in [3.8, 4) is 0 Å². The highest BCUT2D eigenvalue weighted by Gasteiger charge is 2.27. The molecule has 3 aromatic rings. The second-order valence-corrected chi connectivity index (χ2v) is 6.13. The summed E-state index contributed by atoms with van der Waals surface area (Å²) < 4.78 is 5.37. The van der Waals surface area contributed by atoms with Gasteiger partial charge in [-0.3, -0.25) is 4.79 Å². The van der Waals surface area contributed by atoms with E-state index in [1.54, 1.807) is 0 Å². The zero-order chi connectivity index (χ0) is 16.4. The third-order valence-electron chi connectivity index (χ3n) is 3.74. The van der Waals surface area contributed by atoms with Gasteiger partial charge >= 0.3 is 0 Å². The zero-order valence-corrected chi connectivity index (χ0v) is 13.5. The quantitative estimate of drug-likeness (QED) is 0.803. The van der Waals surface area contributed by atoms with Gasteiger partial charge in [-0.2, -0.15) is 4.98 Å². The van der Waals surface area contributed by atoms with Crippen molar-refractivity contribution in [1.29, 1.82) is 0 Å². The van der Waals surface area contributed by atoms with E-state index in [4.69, 9.17) is 4.52 Å². The summed E-state index contributed by atoms with van der Waals surface area (Å²) in [6, 6.07) is 14.4. The average molecular weight is 309 g/mol. The minimum Gasteiger partial charge on any atom is -0.344 e. The smallest absolute Gasteiger partial charge is 0.231 e. The largest absolute Gasteiger partial charge is 0.344 e. The molecule has 0 aliphatic rings. The molecule has 0 atom stereocenters. The molecule has 0 aliphatic carbocycles. The molecule has 118 valence electrons. The number of fused-ring (bicyclic) bond motifs is 1. The third-order valence-corrected chi connectivity index (χ3v) is 3.74. The summed E-state index contributed by atoms with van der Waals surface area (Å²) in [5, 5.41) is 9.19. The van der Waals surface area contributed by atoms with Crippen LogP contribution in [-0.2, 0) is 16.8 Å². The van der Waals surface area contributed by atoms with Gasteiger partial charge in [0, 0.05) is 6.92 Å². The van der Waals surface area contributed by atoms with Gasteiger partial charge in [0.15, 0.2) is 5.82 Å². The Morgan fingerprint density at radius 3 is 2.70 bits per heavy atom. The molecule has 2 aromatic carbocycles. The number of benzene rings is 2. The van der Waals surface area contributed by atoms with Crippen LogP contribution in [0.5, 0.6) is 0 Å². The average Bonchev–Trinajstić information content (AvgIpc) is 2.96. The maximum atomic E-state index is 11.3. The van der Waals surface area contributed by atoms with Crippen LogP contribution in [0.3, 0.4) is 0 Å². The van der Waals surface area contributed by atoms with Crippen LogP contribution in [0, 0.1) is 0 Å². The standard InChI is InChI=1S/C18H19N3O2/c1-12(22)20-18(2,3)17-19-16(23-21-17)11-14-9-6-8-13-7-4-5-10-15(13)14/h4-10H,11H2,1-3H3,(H,20,22). The van der Waals surface area contributed by atoms with E-state index in [1.807, 2.05) is 32.0 Å². The van der Waals surface area contributed by atoms with Gasteiger partial charge in [-0.05, 0) is 30.2 Å². The van der Waals surface area contributed by atoms with Crippen molar-refractivity contribution in [1.82, 2.24) is 15.5 Å². The number of nitrogens with zero attached hydrogens (tertiary/aromatic N) is 2. The lowest BCUT2D eigenvalue weighted by molar-refractivity contribution is -0.120. The molecule has 1 amide bonds. The summed E-state index contributed by atoms with van der Waals surface area (Å²) in [4.78, 5) is 15.7. The Bertz CT molecular complexity index is 847. The molecule has 5 nitrogen and oxygen atoms in total. The van der Waals surface area contributed by atoms with Crippen LogP contribution in [0.1, 0.15) is 38.0 Å². The fourth-order valence-corrected chi connectivity index (χ4v) is 2.69. The van der Waals surface area contributed by atoms with E-state index in [0.29, 0.717) is 18.1 Å². The molecule has 0 unspecified atom stereocenters. The van der Waals surface area contributed by atoms with Crippen molar-refractivity contribution in [3.05, 3.63) is 59.7 Å². The van der Waals surface area contributed by atoms with Crippen LogP contribution in [0.2, 0.25) is 0 Å². The molecule has 0 bridgehead atoms. The molecule has 1 N–H and O–H groups in total. The van der Waals surface area contributed by atoms with Crippen LogP contribution < -0.4 is 5.32 Å². The lowest BCUT2D eigenvalue weighted by Gasteiger charge is -2.20. The number of rotatable bonds is 4. The van der Waals surface area contributed by atoms with Crippen molar-refractivity contribution in [3.63, 3.8) is 0 Å². The lowest BCUT2D eigenvalue weighted by Crippen LogP contribution is -2.40. The number of nitrogens with one attached hydrogen (secondary N) is 1. The molecular formula is C18H19N3O2. The Hall–Kier alpha value is -2.69. The van der Waals surface area contributed by atoms with Gasteiger partial charge in [-0.1, -0.05) is 47.6 Å². The van der Waals surface area contributed by atoms with Crippen LogP contribution in [0.15, 0.2) is 47.0 Å². The van der Waals surface area contributed by atoms with Gasteiger partial charge in [-0.15, -0.1) is 0 Å². The summed E-state index contributed by atoms with van der Waals surface area (Å²) >= 11 is 0. The summed E-state index contributed by atoms with van der Waals surface area (Å²) in [5.41, 5.74) is 0.474. The SMILES string of the molecule is CC(=O)NC(C)(C)c1noc(Cc2cccc3ccccc23)n1. The van der Waals surface area contributed by atoms with Crippen LogP contribution in [-0.4, -0.2) is 16.0 Å². The highest BCUT2D eigenvalue weighted by atomic mass is 16.5. The molecule has 0 aliphatic heterocycles. The van der Waals surface area contributed by atoms with Gasteiger partial charge in [-0.25, -0.2) is 0 Å². The van der Waals surface area contributed by atoms with Gasteiger partial charge in [0.25, 0.3) is 0 Å². The van der Waals surface area contributed by atoms with Crippen molar-refractivity contribution in [2.45, 2.75) is 32.7 Å². The second kappa shape index (κ2) is 5.83. The molecule has 0 saturated carbocycles. The zero-order valence-electron chi connectivity index (χ0n) is 13.5. The third kappa shape index (κ3) is 3.23. The molecule has 1 aromatic heterocycles. The predicted octanol–water partition coefficient (Wildman–Crippen LogP) is 3.18. The molecule has 0 spiro atoms. The van der Waals surface area contributed by atoms with Crippen molar-refractivity contribution >= 4 is 16.7 Å². The fourth-order valence-electron chi connectivity index (χ4n) is 2.69. The van der Waals surface area contributed by atoms with Crippen LogP contribution in [0.25, 0.3) is 10.8 Å². The molecule has 5 heteroatoms. The van der Waals surface area contributed by atoms with Gasteiger partial charge in [0.1, 0.15) is 0 Å². The topological polar surface area (TPSA) is 68.0 Å². The Labute approximate surface area is 134 Å². The monoisotopic (exact) mass is 309 g/mol. The first-order valence-electron chi connectivity index (χ1n) is 7.54. The van der Waals surface area contributed by atoms with Gasteiger partial charge < -0.3 is 9.84 Å². The Balaban J connectivity index is 1.88.